The average Bonchev–Trinajstić information content (AvgIpc) is 2.80. The van der Waals surface area contributed by atoms with Crippen molar-refractivity contribution in [2.24, 2.45) is 0 Å². The molecular formula is C15H23F3N4O. The maximum Gasteiger partial charge on any atom is 0.418 e. The molecular weight excluding hydrogens is 309 g/mol. The number of hydrogen-bond acceptors (Lipinski definition) is 4. The van der Waals surface area contributed by atoms with E-state index in [1.165, 1.54) is 0 Å². The van der Waals surface area contributed by atoms with Gasteiger partial charge in [0.25, 0.3) is 0 Å². The Morgan fingerprint density at radius 2 is 2.00 bits per heavy atom. The maximum absolute atomic E-state index is 12.8. The second-order valence-corrected chi connectivity index (χ2v) is 6.49. The monoisotopic (exact) mass is 332 g/mol. The predicted octanol–water partition coefficient (Wildman–Crippen LogP) is 2.65. The SMILES string of the molecule is CC(C)n1cc(C2=CCCN(C[C@](C)(O)C(F)(F)F)CC2)nn1. The van der Waals surface area contributed by atoms with Crippen LogP contribution in [-0.4, -0.2) is 56.4 Å². The molecule has 0 bridgehead atoms. The first kappa shape index (κ1) is 17.9. The Labute approximate surface area is 133 Å². The molecule has 1 aliphatic heterocycles. The van der Waals surface area contributed by atoms with Crippen molar-refractivity contribution in [3.8, 4) is 0 Å². The van der Waals surface area contributed by atoms with Gasteiger partial charge in [-0.1, -0.05) is 11.3 Å². The van der Waals surface area contributed by atoms with Crippen molar-refractivity contribution < 1.29 is 18.3 Å². The van der Waals surface area contributed by atoms with Crippen LogP contribution in [-0.2, 0) is 0 Å². The molecule has 0 amide bonds. The molecule has 0 fully saturated rings. The zero-order chi connectivity index (χ0) is 17.3. The summed E-state index contributed by atoms with van der Waals surface area (Å²) in [6, 6.07) is 0.209. The van der Waals surface area contributed by atoms with E-state index >= 15 is 0 Å². The van der Waals surface area contributed by atoms with Crippen LogP contribution < -0.4 is 0 Å². The summed E-state index contributed by atoms with van der Waals surface area (Å²) in [6.07, 6.45) is 0.438. The van der Waals surface area contributed by atoms with Crippen molar-refractivity contribution in [1.29, 1.82) is 0 Å². The molecule has 0 saturated heterocycles. The summed E-state index contributed by atoms with van der Waals surface area (Å²) in [7, 11) is 0. The van der Waals surface area contributed by atoms with Crippen LogP contribution in [0.4, 0.5) is 13.2 Å². The van der Waals surface area contributed by atoms with Gasteiger partial charge in [-0.2, -0.15) is 13.2 Å². The quantitative estimate of drug-likeness (QED) is 0.921. The lowest BCUT2D eigenvalue weighted by atomic mass is 10.1. The number of aliphatic hydroxyl groups is 1. The largest absolute Gasteiger partial charge is 0.418 e. The molecule has 0 saturated carbocycles. The topological polar surface area (TPSA) is 54.2 Å². The minimum Gasteiger partial charge on any atom is -0.380 e. The highest BCUT2D eigenvalue weighted by molar-refractivity contribution is 5.62. The second-order valence-electron chi connectivity index (χ2n) is 6.49. The Balaban J connectivity index is 2.00. The van der Waals surface area contributed by atoms with Gasteiger partial charge in [-0.25, -0.2) is 4.68 Å². The summed E-state index contributed by atoms with van der Waals surface area (Å²) in [5, 5.41) is 17.8. The van der Waals surface area contributed by atoms with Crippen LogP contribution in [0.2, 0.25) is 0 Å². The van der Waals surface area contributed by atoms with Gasteiger partial charge in [0.1, 0.15) is 5.69 Å². The van der Waals surface area contributed by atoms with Crippen LogP contribution in [0.5, 0.6) is 0 Å². The Kier molecular flexibility index (Phi) is 5.15. The summed E-state index contributed by atoms with van der Waals surface area (Å²) in [5.41, 5.74) is -0.938. The summed E-state index contributed by atoms with van der Waals surface area (Å²) < 4.78 is 40.2. The maximum atomic E-state index is 12.8. The van der Waals surface area contributed by atoms with Crippen LogP contribution in [0.1, 0.15) is 45.3 Å². The van der Waals surface area contributed by atoms with E-state index in [1.54, 1.807) is 9.58 Å². The summed E-state index contributed by atoms with van der Waals surface area (Å²) >= 11 is 0. The molecule has 8 heteroatoms. The van der Waals surface area contributed by atoms with E-state index in [2.05, 4.69) is 10.3 Å². The molecule has 0 aromatic carbocycles. The normalized spacial score (nSPS) is 20.3. The van der Waals surface area contributed by atoms with Crippen molar-refractivity contribution in [3.63, 3.8) is 0 Å². The zero-order valence-corrected chi connectivity index (χ0v) is 13.6. The Hall–Kier alpha value is -1.41. The minimum atomic E-state index is -4.63. The van der Waals surface area contributed by atoms with Gasteiger partial charge in [0.05, 0.1) is 6.20 Å². The number of halogens is 3. The highest BCUT2D eigenvalue weighted by atomic mass is 19.4. The third kappa shape index (κ3) is 4.32. The highest BCUT2D eigenvalue weighted by Gasteiger charge is 2.50. The Morgan fingerprint density at radius 1 is 1.30 bits per heavy atom. The summed E-state index contributed by atoms with van der Waals surface area (Å²) in [5.74, 6) is 0. The van der Waals surface area contributed by atoms with Crippen molar-refractivity contribution in [3.05, 3.63) is 18.0 Å². The number of hydrogen-bond donors (Lipinski definition) is 1. The lowest BCUT2D eigenvalue weighted by molar-refractivity contribution is -0.257. The van der Waals surface area contributed by atoms with Crippen LogP contribution in [0, 0.1) is 0 Å². The summed E-state index contributed by atoms with van der Waals surface area (Å²) in [6.45, 7) is 5.33. The van der Waals surface area contributed by atoms with Gasteiger partial charge in [0.15, 0.2) is 5.60 Å². The van der Waals surface area contributed by atoms with Crippen molar-refractivity contribution in [2.75, 3.05) is 19.6 Å². The predicted molar refractivity (Wildman–Crippen MR) is 80.7 cm³/mol. The molecule has 1 aromatic heterocycles. The van der Waals surface area contributed by atoms with Gasteiger partial charge in [-0.3, -0.25) is 4.90 Å². The number of nitrogens with zero attached hydrogens (tertiary/aromatic N) is 4. The minimum absolute atomic E-state index is 0.209. The molecule has 130 valence electrons. The third-order valence-electron chi connectivity index (χ3n) is 4.04. The number of rotatable bonds is 4. The zero-order valence-electron chi connectivity index (χ0n) is 13.6. The van der Waals surface area contributed by atoms with Crippen LogP contribution in [0.25, 0.3) is 5.57 Å². The van der Waals surface area contributed by atoms with Crippen LogP contribution in [0.15, 0.2) is 12.3 Å². The number of alkyl halides is 3. The van der Waals surface area contributed by atoms with E-state index in [4.69, 9.17) is 0 Å². The smallest absolute Gasteiger partial charge is 0.380 e. The Bertz CT molecular complexity index is 563. The van der Waals surface area contributed by atoms with Crippen molar-refractivity contribution >= 4 is 5.57 Å². The van der Waals surface area contributed by atoms with E-state index in [9.17, 15) is 18.3 Å². The van der Waals surface area contributed by atoms with Gasteiger partial charge >= 0.3 is 6.18 Å². The molecule has 1 N–H and O–H groups in total. The van der Waals surface area contributed by atoms with Crippen molar-refractivity contribution in [1.82, 2.24) is 19.9 Å². The van der Waals surface area contributed by atoms with Gasteiger partial charge in [0, 0.05) is 25.7 Å². The molecule has 23 heavy (non-hydrogen) atoms. The lowest BCUT2D eigenvalue weighted by Crippen LogP contribution is -2.51. The first-order valence-corrected chi connectivity index (χ1v) is 7.73. The van der Waals surface area contributed by atoms with Gasteiger partial charge < -0.3 is 5.11 Å². The van der Waals surface area contributed by atoms with E-state index in [1.807, 2.05) is 26.1 Å². The second kappa shape index (κ2) is 6.60. The first-order chi connectivity index (χ1) is 10.6. The molecule has 1 aliphatic rings. The molecule has 0 radical (unpaired) electrons. The fourth-order valence-corrected chi connectivity index (χ4v) is 2.51. The molecule has 1 atom stereocenters. The molecule has 2 rings (SSSR count). The molecule has 1 aromatic rings. The van der Waals surface area contributed by atoms with Gasteiger partial charge in [0.2, 0.25) is 0 Å². The number of aromatic nitrogens is 3. The fourth-order valence-electron chi connectivity index (χ4n) is 2.51. The lowest BCUT2D eigenvalue weighted by Gasteiger charge is -2.32. The van der Waals surface area contributed by atoms with E-state index in [-0.39, 0.29) is 6.04 Å². The molecule has 5 nitrogen and oxygen atoms in total. The van der Waals surface area contributed by atoms with E-state index in [0.717, 1.165) is 18.2 Å². The number of β-amino-alcohol motifs (C(OH)–C–C–N with tert-alkyl or cyclic N) is 1. The molecule has 2 heterocycles. The van der Waals surface area contributed by atoms with E-state index < -0.39 is 18.3 Å². The highest BCUT2D eigenvalue weighted by Crippen LogP contribution is 2.31. The molecule has 0 unspecified atom stereocenters. The fraction of sp³-hybridized carbons (Fsp3) is 0.733. The van der Waals surface area contributed by atoms with Crippen LogP contribution in [0.3, 0.4) is 0 Å². The third-order valence-corrected chi connectivity index (χ3v) is 4.04. The van der Waals surface area contributed by atoms with Crippen molar-refractivity contribution in [2.45, 2.75) is 51.4 Å². The van der Waals surface area contributed by atoms with E-state index in [0.29, 0.717) is 25.9 Å². The van der Waals surface area contributed by atoms with Gasteiger partial charge in [-0.15, -0.1) is 5.10 Å². The molecule has 0 spiro atoms. The molecule has 0 aliphatic carbocycles. The Morgan fingerprint density at radius 3 is 2.57 bits per heavy atom. The summed E-state index contributed by atoms with van der Waals surface area (Å²) in [4.78, 5) is 1.64. The standard InChI is InChI=1S/C15H23F3N4O/c1-11(2)22-9-13(19-20-22)12-5-4-7-21(8-6-12)10-14(3,23)15(16,17)18/h5,9,11,23H,4,6-8,10H2,1-3H3/t14-/m0/s1. The first-order valence-electron chi connectivity index (χ1n) is 7.73. The van der Waals surface area contributed by atoms with Gasteiger partial charge in [-0.05, 0) is 39.2 Å². The average molecular weight is 332 g/mol. The van der Waals surface area contributed by atoms with Crippen LogP contribution >= 0.6 is 0 Å².